The second-order valence-corrected chi connectivity index (χ2v) is 3.67. The summed E-state index contributed by atoms with van der Waals surface area (Å²) in [5.41, 5.74) is 0. The van der Waals surface area contributed by atoms with Crippen LogP contribution in [0.15, 0.2) is 0 Å². The van der Waals surface area contributed by atoms with Gasteiger partial charge < -0.3 is 20.1 Å². The first-order valence-electron chi connectivity index (χ1n) is 5.74. The van der Waals surface area contributed by atoms with Gasteiger partial charge >= 0.3 is 18.0 Å². The number of nitrogens with zero attached hydrogens (tertiary/aromatic N) is 1. The van der Waals surface area contributed by atoms with Crippen LogP contribution in [0.3, 0.4) is 0 Å². The molecule has 7 nitrogen and oxygen atoms in total. The van der Waals surface area contributed by atoms with Gasteiger partial charge in [0.2, 0.25) is 0 Å². The molecule has 0 aliphatic rings. The second kappa shape index (κ2) is 8.80. The highest BCUT2D eigenvalue weighted by Gasteiger charge is 2.23. The molecule has 0 unspecified atom stereocenters. The van der Waals surface area contributed by atoms with Crippen LogP contribution in [0.4, 0.5) is 4.79 Å². The molecule has 106 valence electrons. The van der Waals surface area contributed by atoms with Crippen molar-refractivity contribution in [3.05, 3.63) is 0 Å². The Morgan fingerprint density at radius 2 is 2.11 bits per heavy atom. The summed E-state index contributed by atoms with van der Waals surface area (Å²) >= 11 is 0. The zero-order chi connectivity index (χ0) is 14.8. The Morgan fingerprint density at radius 3 is 2.53 bits per heavy atom. The fraction of sp³-hybridized carbons (Fsp3) is 0.583. The molecule has 0 fully saturated rings. The van der Waals surface area contributed by atoms with Gasteiger partial charge in [0.25, 0.3) is 0 Å². The van der Waals surface area contributed by atoms with Gasteiger partial charge in [-0.05, 0) is 13.3 Å². The highest BCUT2D eigenvalue weighted by Crippen LogP contribution is 2.01. The molecule has 7 heteroatoms. The van der Waals surface area contributed by atoms with Gasteiger partial charge in [-0.15, -0.1) is 6.42 Å². The number of hydrogen-bond donors (Lipinski definition) is 2. The van der Waals surface area contributed by atoms with Crippen LogP contribution in [0.25, 0.3) is 0 Å². The smallest absolute Gasteiger partial charge is 0.326 e. The fourth-order valence-electron chi connectivity index (χ4n) is 1.30. The molecule has 1 atom stereocenters. The van der Waals surface area contributed by atoms with Crippen LogP contribution in [0, 0.1) is 12.3 Å². The Morgan fingerprint density at radius 1 is 1.47 bits per heavy atom. The molecule has 0 bridgehead atoms. The normalized spacial score (nSPS) is 11.0. The Hall–Kier alpha value is -2.23. The van der Waals surface area contributed by atoms with E-state index in [1.54, 1.807) is 6.92 Å². The van der Waals surface area contributed by atoms with E-state index in [4.69, 9.17) is 11.5 Å². The number of nitrogens with one attached hydrogen (secondary N) is 1. The molecular formula is C12H18N2O5. The molecule has 0 spiro atoms. The van der Waals surface area contributed by atoms with Crippen molar-refractivity contribution >= 4 is 18.0 Å². The largest absolute Gasteiger partial charge is 0.480 e. The molecule has 0 heterocycles. The number of ether oxygens (including phenoxy) is 1. The summed E-state index contributed by atoms with van der Waals surface area (Å²) in [5, 5.41) is 11.3. The first-order chi connectivity index (χ1) is 8.96. The summed E-state index contributed by atoms with van der Waals surface area (Å²) < 4.78 is 4.41. The first-order valence-corrected chi connectivity index (χ1v) is 5.74. The molecule has 0 saturated carbocycles. The van der Waals surface area contributed by atoms with Crippen molar-refractivity contribution in [1.82, 2.24) is 10.2 Å². The fourth-order valence-corrected chi connectivity index (χ4v) is 1.30. The predicted octanol–water partition coefficient (Wildman–Crippen LogP) is 0.0575. The highest BCUT2D eigenvalue weighted by atomic mass is 16.5. The maximum atomic E-state index is 11.7. The Balaban J connectivity index is 4.49. The molecule has 0 radical (unpaired) electrons. The number of carbonyl (C=O) groups excluding carboxylic acids is 2. The van der Waals surface area contributed by atoms with Crippen molar-refractivity contribution in [2.24, 2.45) is 0 Å². The number of urea groups is 1. The van der Waals surface area contributed by atoms with Crippen molar-refractivity contribution in [1.29, 1.82) is 0 Å². The van der Waals surface area contributed by atoms with E-state index in [0.717, 1.165) is 0 Å². The lowest BCUT2D eigenvalue weighted by Gasteiger charge is -2.21. The van der Waals surface area contributed by atoms with Crippen LogP contribution in [0.2, 0.25) is 0 Å². The SMILES string of the molecule is C#CCN(CC)C(=O)N[C@H](CCC(=O)OC)C(=O)O. The van der Waals surface area contributed by atoms with Crippen molar-refractivity contribution in [2.45, 2.75) is 25.8 Å². The summed E-state index contributed by atoms with van der Waals surface area (Å²) in [7, 11) is 1.21. The van der Waals surface area contributed by atoms with E-state index >= 15 is 0 Å². The molecule has 0 aliphatic heterocycles. The third-order valence-electron chi connectivity index (χ3n) is 2.41. The van der Waals surface area contributed by atoms with Gasteiger partial charge in [-0.2, -0.15) is 0 Å². The van der Waals surface area contributed by atoms with Gasteiger partial charge in [-0.3, -0.25) is 4.79 Å². The molecule has 0 aliphatic carbocycles. The topological polar surface area (TPSA) is 95.9 Å². The number of carboxylic acid groups (broad SMARTS) is 1. The molecule has 0 aromatic heterocycles. The first kappa shape index (κ1) is 16.8. The average molecular weight is 270 g/mol. The number of amides is 2. The monoisotopic (exact) mass is 270 g/mol. The van der Waals surface area contributed by atoms with E-state index in [0.29, 0.717) is 6.54 Å². The van der Waals surface area contributed by atoms with Crippen LogP contribution in [-0.4, -0.2) is 54.2 Å². The van der Waals surface area contributed by atoms with Crippen molar-refractivity contribution in [2.75, 3.05) is 20.2 Å². The van der Waals surface area contributed by atoms with E-state index in [2.05, 4.69) is 16.0 Å². The van der Waals surface area contributed by atoms with Crippen molar-refractivity contribution in [3.63, 3.8) is 0 Å². The average Bonchev–Trinajstić information content (AvgIpc) is 2.39. The quantitative estimate of drug-likeness (QED) is 0.503. The van der Waals surface area contributed by atoms with Crippen LogP contribution in [0.1, 0.15) is 19.8 Å². The zero-order valence-electron chi connectivity index (χ0n) is 11.0. The van der Waals surface area contributed by atoms with Gasteiger partial charge in [-0.25, -0.2) is 9.59 Å². The number of esters is 1. The maximum Gasteiger partial charge on any atom is 0.326 e. The number of carboxylic acids is 1. The number of carbonyl (C=O) groups is 3. The third kappa shape index (κ3) is 6.31. The Kier molecular flexibility index (Phi) is 7.77. The molecule has 19 heavy (non-hydrogen) atoms. The van der Waals surface area contributed by atoms with E-state index in [-0.39, 0.29) is 19.4 Å². The Bertz CT molecular complexity index is 375. The van der Waals surface area contributed by atoms with Gasteiger partial charge in [0, 0.05) is 13.0 Å². The Labute approximate surface area is 111 Å². The van der Waals surface area contributed by atoms with Gasteiger partial charge in [0.1, 0.15) is 6.04 Å². The number of hydrogen-bond acceptors (Lipinski definition) is 4. The van der Waals surface area contributed by atoms with Crippen molar-refractivity contribution < 1.29 is 24.2 Å². The van der Waals surface area contributed by atoms with E-state index in [1.165, 1.54) is 12.0 Å². The van der Waals surface area contributed by atoms with Crippen LogP contribution in [-0.2, 0) is 14.3 Å². The minimum Gasteiger partial charge on any atom is -0.480 e. The van der Waals surface area contributed by atoms with Crippen LogP contribution < -0.4 is 5.32 Å². The number of terminal acetylenes is 1. The summed E-state index contributed by atoms with van der Waals surface area (Å²) in [6, 6.07) is -1.73. The van der Waals surface area contributed by atoms with Crippen LogP contribution >= 0.6 is 0 Å². The summed E-state index contributed by atoms with van der Waals surface area (Å²) in [5.74, 6) is 0.560. The molecule has 2 amide bonds. The van der Waals surface area contributed by atoms with Gasteiger partial charge in [-0.1, -0.05) is 5.92 Å². The zero-order valence-corrected chi connectivity index (χ0v) is 11.0. The number of rotatable bonds is 7. The predicted molar refractivity (Wildman–Crippen MR) is 67.3 cm³/mol. The molecule has 0 aromatic rings. The third-order valence-corrected chi connectivity index (χ3v) is 2.41. The lowest BCUT2D eigenvalue weighted by Crippen LogP contribution is -2.48. The minimum absolute atomic E-state index is 0.0403. The summed E-state index contributed by atoms with van der Waals surface area (Å²) in [6.07, 6.45) is 4.97. The maximum absolute atomic E-state index is 11.7. The lowest BCUT2D eigenvalue weighted by atomic mass is 10.1. The number of aliphatic carboxylic acids is 1. The molecular weight excluding hydrogens is 252 g/mol. The van der Waals surface area contributed by atoms with Gasteiger partial charge in [0.05, 0.1) is 13.7 Å². The summed E-state index contributed by atoms with van der Waals surface area (Å²) in [4.78, 5) is 35.0. The standard InChI is InChI=1S/C12H18N2O5/c1-4-8-14(5-2)12(18)13-9(11(16)17)6-7-10(15)19-3/h1,9H,5-8H2,2-3H3,(H,13,18)(H,16,17)/t9-/m1/s1. The molecule has 2 N–H and O–H groups in total. The lowest BCUT2D eigenvalue weighted by molar-refractivity contribution is -0.142. The van der Waals surface area contributed by atoms with Crippen LogP contribution in [0.5, 0.6) is 0 Å². The van der Waals surface area contributed by atoms with Gasteiger partial charge in [0.15, 0.2) is 0 Å². The van der Waals surface area contributed by atoms with Crippen molar-refractivity contribution in [3.8, 4) is 12.3 Å². The highest BCUT2D eigenvalue weighted by molar-refractivity contribution is 5.83. The van der Waals surface area contributed by atoms with E-state index < -0.39 is 24.0 Å². The minimum atomic E-state index is -1.21. The molecule has 0 rings (SSSR count). The molecule has 0 aromatic carbocycles. The second-order valence-electron chi connectivity index (χ2n) is 3.67. The molecule has 0 saturated heterocycles. The van der Waals surface area contributed by atoms with E-state index in [1.807, 2.05) is 0 Å². The summed E-state index contributed by atoms with van der Waals surface area (Å²) in [6.45, 7) is 2.17. The number of methoxy groups -OCH3 is 1. The van der Waals surface area contributed by atoms with E-state index in [9.17, 15) is 14.4 Å².